The van der Waals surface area contributed by atoms with Gasteiger partial charge >= 0.3 is 65.7 Å². The van der Waals surface area contributed by atoms with Crippen LogP contribution in [0.1, 0.15) is 84.4 Å². The summed E-state index contributed by atoms with van der Waals surface area (Å²) in [6.45, 7) is 2.95. The summed E-state index contributed by atoms with van der Waals surface area (Å²) < 4.78 is 89.8. The first-order chi connectivity index (χ1) is 54.1. The average Bonchev–Trinajstić information content (AvgIpc) is 1.57. The molecule has 3 aliphatic carbocycles. The van der Waals surface area contributed by atoms with Crippen molar-refractivity contribution >= 4 is 90.5 Å². The number of aliphatic hydroxyl groups excluding tert-OH is 4. The van der Waals surface area contributed by atoms with Gasteiger partial charge in [-0.2, -0.15) is 95.4 Å². The Hall–Kier alpha value is -8.01. The van der Waals surface area contributed by atoms with Crippen LogP contribution in [0, 0.1) is 49.6 Å². The van der Waals surface area contributed by atoms with Gasteiger partial charge in [0.1, 0.15) is 12.4 Å². The van der Waals surface area contributed by atoms with E-state index in [2.05, 4.69) is 131 Å². The number of pyridine rings is 5. The van der Waals surface area contributed by atoms with E-state index < -0.39 is 35.0 Å². The molecule has 6 aromatic heterocycles. The van der Waals surface area contributed by atoms with Crippen molar-refractivity contribution in [2.75, 3.05) is 26.4 Å². The maximum absolute atomic E-state index is 13.2. The van der Waals surface area contributed by atoms with Crippen LogP contribution >= 0.6 is 0 Å². The number of hydrogen-bond acceptors (Lipinski definition) is 16. The summed E-state index contributed by atoms with van der Waals surface area (Å²) in [5, 5.41) is 46.0. The number of aliphatic carboxylic acids is 1. The van der Waals surface area contributed by atoms with E-state index >= 15 is 0 Å². The molecule has 117 heavy (non-hydrogen) atoms. The number of allylic oxidation sites excluding steroid dienone is 7. The fourth-order valence-electron chi connectivity index (χ4n) is 9.19. The minimum atomic E-state index is -5.49. The van der Waals surface area contributed by atoms with E-state index in [4.69, 9.17) is 29.9 Å². The van der Waals surface area contributed by atoms with Crippen LogP contribution in [0.15, 0.2) is 277 Å². The largest absolute Gasteiger partial charge is 2.00 e. The third-order valence-electron chi connectivity index (χ3n) is 14.5. The number of rotatable bonds is 11. The molecule has 4 aliphatic rings. The number of carboxylic acid groups (broad SMARTS) is 1. The number of carbonyl (C=O) groups is 1. The molecular formula is C87H80F6N6O9Pt5S4-6. The molecule has 0 bridgehead atoms. The number of benzene rings is 4. The number of aromatic nitrogens is 6. The second-order valence-corrected chi connectivity index (χ2v) is 23.7. The second-order valence-electron chi connectivity index (χ2n) is 22.6. The quantitative estimate of drug-likeness (QED) is 0.0154. The Balaban J connectivity index is 0. The van der Waals surface area contributed by atoms with Crippen LogP contribution in [0.2, 0.25) is 0 Å². The number of aryl methyl sites for hydroxylation is 2. The molecular weight excluding hydrogens is 2490 g/mol. The van der Waals surface area contributed by atoms with Gasteiger partial charge in [-0.05, 0) is 73.6 Å². The van der Waals surface area contributed by atoms with Crippen LogP contribution in [0.3, 0.4) is 0 Å². The van der Waals surface area contributed by atoms with Crippen molar-refractivity contribution in [1.29, 1.82) is 0 Å². The molecule has 0 spiro atoms. The maximum atomic E-state index is 13.2. The first kappa shape index (κ1) is 111. The van der Waals surface area contributed by atoms with Crippen molar-refractivity contribution in [2.24, 2.45) is 7.05 Å². The molecule has 1 aliphatic heterocycles. The minimum absolute atomic E-state index is 0. The van der Waals surface area contributed by atoms with Gasteiger partial charge in [0.2, 0.25) is 0 Å². The molecule has 0 saturated carbocycles. The van der Waals surface area contributed by atoms with Crippen LogP contribution in [-0.2, 0) is 177 Å². The molecule has 7 heterocycles. The van der Waals surface area contributed by atoms with Crippen LogP contribution in [-0.4, -0.2) is 116 Å². The van der Waals surface area contributed by atoms with E-state index in [1.54, 1.807) is 36.7 Å². The number of nitrogens with zero attached hydrogens (tertiary/aromatic N) is 6. The zero-order valence-corrected chi connectivity index (χ0v) is 77.0. The number of ether oxygens (including phenoxy) is 2. The summed E-state index contributed by atoms with van der Waals surface area (Å²) in [7, 11) is 1.99. The van der Waals surface area contributed by atoms with Gasteiger partial charge in [-0.3, -0.25) is 16.9 Å². The summed E-state index contributed by atoms with van der Waals surface area (Å²) in [4.78, 5) is 39.5. The standard InChI is InChI=1S/C15H12O2.C12H14N.C12H8.C10H4F6N.C10H9N2.C10H10N.C9H8NO2.C3H4O3.C2H6O2.2C2H4S2.5Pt/c16-14(12-7-3-1-4-8-12)11-15(17)13-9-5-2-6-10-13;1-10-7-8-12(13-9-10)11-5-3-2-4-6-11;1-3-7-11(8-4-1)12-9-5-2-6-10-12;11-8(12)5-6(7-3-1-2-4-17-7)9(13,14)10(8,15)16;1-12-8-4-6-10(12)9-5-2-3-7-11-9;1-2-6-9(5-1)10-7-3-4-8-11-10;1-2-4-10-8(3-1)9-7-11-5-6-12-9;4-2-1-3(5)6;3*3-1-2-4;;;;;/h1-11,16H;7-9H,2-5H2,1H3;1-7,9H;1-4H;2-5,7-8H,1H3;3-4,7-8H,1-2,5H2;1-4H,5-6H2;1-2,4H,(H,5,6);3-4H,1-2H2;2*1-4H;;;;;/q;-1;-2;4*-1;;;;;;;;2*+2/p-3. The monoisotopic (exact) mass is 2570 g/mol. The molecule has 0 amide bonds. The average molecular weight is 2570 g/mol. The molecule has 4 aromatic carbocycles. The number of alkyl halides is 6. The second kappa shape index (κ2) is 64.9. The minimum Gasteiger partial charge on any atom is -0.789 e. The van der Waals surface area contributed by atoms with Crippen LogP contribution in [0.25, 0.3) is 50.8 Å². The summed E-state index contributed by atoms with van der Waals surface area (Å²) in [5.74, 6) is -16.0. The van der Waals surface area contributed by atoms with Crippen LogP contribution in [0.4, 0.5) is 26.3 Å². The number of carboxylic acids is 1. The Kier molecular flexibility index (Phi) is 61.6. The summed E-state index contributed by atoms with van der Waals surface area (Å²) in [6, 6.07) is 70.6. The van der Waals surface area contributed by atoms with Crippen LogP contribution in [0.5, 0.6) is 0 Å². The number of aliphatic hydroxyl groups is 4. The predicted octanol–water partition coefficient (Wildman–Crippen LogP) is 18.2. The fraction of sp³-hybridized carbons (Fsp3) is 0.184. The van der Waals surface area contributed by atoms with Crippen molar-refractivity contribution in [3.8, 4) is 22.5 Å². The SMILES string of the molecule is Cc1ccc(C2=[C-]CCCC2)nc1.Cn1cc[c-]c1-c1ccccn1.FC1(F)[C-]=C(c2ccccn2)C(F)(F)C1(F)F.O=C(O)C=CO.OC(=CC(=[OH+])c1ccccc1)c1ccccc1.OCCO.[C-]1=C(c2ccccn2)CCC1.[C-]1=C(c2ccccn2)OCCO1.[Pt+2].[Pt+2].[Pt].[Pt].[Pt].[S-]C=C[S-].[S-]C=C[S-].[c-]1ccccc1-c1[c-]cccc1. The third kappa shape index (κ3) is 42.0. The van der Waals surface area contributed by atoms with Crippen LogP contribution < -0.4 is 0 Å². The Bertz CT molecular complexity index is 4490. The van der Waals surface area contributed by atoms with Gasteiger partial charge in [0.05, 0.1) is 43.8 Å². The predicted molar refractivity (Wildman–Crippen MR) is 435 cm³/mol. The van der Waals surface area contributed by atoms with E-state index in [1.165, 1.54) is 75.8 Å². The molecule has 0 saturated heterocycles. The fourth-order valence-corrected chi connectivity index (χ4v) is 9.19. The summed E-state index contributed by atoms with van der Waals surface area (Å²) in [6.07, 6.45) is 31.3. The topological polar surface area (TPSA) is 227 Å². The van der Waals surface area contributed by atoms with E-state index in [9.17, 15) is 41.0 Å². The Morgan fingerprint density at radius 3 is 1.38 bits per heavy atom. The summed E-state index contributed by atoms with van der Waals surface area (Å²) in [5.41, 5.74) is 10.1. The Morgan fingerprint density at radius 2 is 1.02 bits per heavy atom. The summed E-state index contributed by atoms with van der Waals surface area (Å²) >= 11 is 17.1. The molecule has 14 rings (SSSR count). The van der Waals surface area contributed by atoms with Gasteiger partial charge < -0.3 is 115 Å². The van der Waals surface area contributed by atoms with Crippen molar-refractivity contribution < 1.29 is 176 Å². The zero-order chi connectivity index (χ0) is 81.7. The first-order valence-corrected chi connectivity index (χ1v) is 36.0. The number of carbonyl (C=O) groups excluding carboxylic acids is 1. The Morgan fingerprint density at radius 1 is 0.556 bits per heavy atom. The molecule has 0 fully saturated rings. The van der Waals surface area contributed by atoms with E-state index in [-0.39, 0.29) is 130 Å². The van der Waals surface area contributed by atoms with Gasteiger partial charge in [-0.25, -0.2) is 46.3 Å². The third-order valence-corrected chi connectivity index (χ3v) is 15.3. The van der Waals surface area contributed by atoms with E-state index in [0.29, 0.717) is 42.4 Å². The number of hydrogen-bond donors (Lipinski definition) is 5. The van der Waals surface area contributed by atoms with Gasteiger partial charge in [0, 0.05) is 106 Å². The van der Waals surface area contributed by atoms with Crippen molar-refractivity contribution in [1.82, 2.24) is 29.5 Å². The molecule has 6 N–H and O–H groups in total. The Labute approximate surface area is 773 Å². The molecule has 10 aromatic rings. The maximum Gasteiger partial charge on any atom is 2.00 e. The van der Waals surface area contributed by atoms with Crippen molar-refractivity contribution in [2.45, 2.75) is 69.6 Å². The zero-order valence-electron chi connectivity index (χ0n) is 62.4. The van der Waals surface area contributed by atoms with Gasteiger partial charge in [-0.1, -0.05) is 146 Å². The molecule has 634 valence electrons. The van der Waals surface area contributed by atoms with Gasteiger partial charge in [-0.15, -0.1) is 54.8 Å². The van der Waals surface area contributed by atoms with Gasteiger partial charge in [0.15, 0.2) is 0 Å². The smallest absolute Gasteiger partial charge is 0.789 e. The van der Waals surface area contributed by atoms with Crippen molar-refractivity contribution in [3.05, 3.63) is 360 Å². The van der Waals surface area contributed by atoms with E-state index in [1.807, 2.05) is 176 Å². The molecule has 0 unspecified atom stereocenters. The van der Waals surface area contributed by atoms with Gasteiger partial charge in [0.25, 0.3) is 5.92 Å². The first-order valence-electron chi connectivity index (χ1n) is 34.1. The number of ketones is 1. The van der Waals surface area contributed by atoms with E-state index in [0.717, 1.165) is 83.6 Å². The molecule has 15 nitrogen and oxygen atoms in total. The van der Waals surface area contributed by atoms with Crippen molar-refractivity contribution in [3.63, 3.8) is 0 Å². The molecule has 30 heteroatoms. The number of halogens is 6. The normalized spacial score (nSPS) is 13.6. The molecule has 0 atom stereocenters. The molecule has 0 radical (unpaired) electrons.